The summed E-state index contributed by atoms with van der Waals surface area (Å²) in [5.41, 5.74) is 1.40. The van der Waals surface area contributed by atoms with E-state index in [1.165, 1.54) is 0 Å². The SMILES string of the molecule is C/C(=N\O)c1ccc2c(c1)OCCCO2. The molecule has 1 aliphatic heterocycles. The van der Waals surface area contributed by atoms with Gasteiger partial charge in [0.15, 0.2) is 11.5 Å². The van der Waals surface area contributed by atoms with E-state index in [1.807, 2.05) is 18.2 Å². The molecular weight excluding hydrogens is 194 g/mol. The third-order valence-corrected chi connectivity index (χ3v) is 2.32. The summed E-state index contributed by atoms with van der Waals surface area (Å²) in [7, 11) is 0. The van der Waals surface area contributed by atoms with Crippen LogP contribution in [0.5, 0.6) is 11.5 Å². The fourth-order valence-electron chi connectivity index (χ4n) is 1.45. The lowest BCUT2D eigenvalue weighted by atomic mass is 10.1. The number of hydrogen-bond acceptors (Lipinski definition) is 4. The highest BCUT2D eigenvalue weighted by atomic mass is 16.5. The maximum atomic E-state index is 8.66. The fourth-order valence-corrected chi connectivity index (χ4v) is 1.45. The fraction of sp³-hybridized carbons (Fsp3) is 0.364. The zero-order chi connectivity index (χ0) is 10.7. The third-order valence-electron chi connectivity index (χ3n) is 2.32. The first kappa shape index (κ1) is 9.83. The molecule has 4 heteroatoms. The van der Waals surface area contributed by atoms with E-state index in [0.29, 0.717) is 24.7 Å². The molecule has 1 aromatic carbocycles. The molecule has 0 amide bonds. The molecule has 80 valence electrons. The molecule has 0 bridgehead atoms. The zero-order valence-electron chi connectivity index (χ0n) is 8.56. The number of nitrogens with zero attached hydrogens (tertiary/aromatic N) is 1. The van der Waals surface area contributed by atoms with Crippen LogP contribution in [-0.2, 0) is 0 Å². The van der Waals surface area contributed by atoms with E-state index in [-0.39, 0.29) is 0 Å². The lowest BCUT2D eigenvalue weighted by Crippen LogP contribution is -1.98. The summed E-state index contributed by atoms with van der Waals surface area (Å²) in [4.78, 5) is 0. The smallest absolute Gasteiger partial charge is 0.161 e. The van der Waals surface area contributed by atoms with Crippen LogP contribution in [0.3, 0.4) is 0 Å². The van der Waals surface area contributed by atoms with E-state index in [4.69, 9.17) is 14.7 Å². The molecule has 0 atom stereocenters. The van der Waals surface area contributed by atoms with Crippen molar-refractivity contribution in [2.45, 2.75) is 13.3 Å². The minimum Gasteiger partial charge on any atom is -0.490 e. The predicted octanol–water partition coefficient (Wildman–Crippen LogP) is 2.05. The Labute approximate surface area is 88.1 Å². The predicted molar refractivity (Wildman–Crippen MR) is 56.0 cm³/mol. The first-order valence-electron chi connectivity index (χ1n) is 4.90. The van der Waals surface area contributed by atoms with Crippen LogP contribution >= 0.6 is 0 Å². The largest absolute Gasteiger partial charge is 0.490 e. The molecule has 0 saturated heterocycles. The van der Waals surface area contributed by atoms with Gasteiger partial charge in [0.2, 0.25) is 0 Å². The second-order valence-electron chi connectivity index (χ2n) is 3.40. The van der Waals surface area contributed by atoms with Crippen molar-refractivity contribution < 1.29 is 14.7 Å². The van der Waals surface area contributed by atoms with Crippen molar-refractivity contribution in [1.29, 1.82) is 0 Å². The molecular formula is C11H13NO3. The minimum atomic E-state index is 0.561. The first-order valence-corrected chi connectivity index (χ1v) is 4.90. The van der Waals surface area contributed by atoms with Gasteiger partial charge in [0.1, 0.15) is 0 Å². The van der Waals surface area contributed by atoms with Crippen LogP contribution in [-0.4, -0.2) is 24.1 Å². The molecule has 1 N–H and O–H groups in total. The average molecular weight is 207 g/mol. The Kier molecular flexibility index (Phi) is 2.76. The lowest BCUT2D eigenvalue weighted by Gasteiger charge is -2.08. The Hall–Kier alpha value is -1.71. The molecule has 0 radical (unpaired) electrons. The van der Waals surface area contributed by atoms with Crippen LogP contribution in [0.25, 0.3) is 0 Å². The quantitative estimate of drug-likeness (QED) is 0.435. The molecule has 0 spiro atoms. The Morgan fingerprint density at radius 1 is 1.27 bits per heavy atom. The van der Waals surface area contributed by atoms with E-state index in [9.17, 15) is 0 Å². The van der Waals surface area contributed by atoms with Gasteiger partial charge in [0.25, 0.3) is 0 Å². The highest BCUT2D eigenvalue weighted by molar-refractivity contribution is 5.98. The summed E-state index contributed by atoms with van der Waals surface area (Å²) in [6.45, 7) is 3.07. The van der Waals surface area contributed by atoms with Crippen molar-refractivity contribution in [2.75, 3.05) is 13.2 Å². The molecule has 0 fully saturated rings. The molecule has 0 saturated carbocycles. The van der Waals surface area contributed by atoms with E-state index in [0.717, 1.165) is 17.7 Å². The summed E-state index contributed by atoms with van der Waals surface area (Å²) >= 11 is 0. The topological polar surface area (TPSA) is 51.1 Å². The maximum Gasteiger partial charge on any atom is 0.161 e. The van der Waals surface area contributed by atoms with Crippen LogP contribution in [0.1, 0.15) is 18.9 Å². The van der Waals surface area contributed by atoms with Crippen molar-refractivity contribution in [3.8, 4) is 11.5 Å². The Bertz CT molecular complexity index is 387. The van der Waals surface area contributed by atoms with Crippen molar-refractivity contribution in [2.24, 2.45) is 5.16 Å². The highest BCUT2D eigenvalue weighted by Crippen LogP contribution is 2.30. The molecule has 0 unspecified atom stereocenters. The molecule has 15 heavy (non-hydrogen) atoms. The van der Waals surface area contributed by atoms with Gasteiger partial charge in [-0.3, -0.25) is 0 Å². The summed E-state index contributed by atoms with van der Waals surface area (Å²) in [6, 6.07) is 5.52. The number of ether oxygens (including phenoxy) is 2. The minimum absolute atomic E-state index is 0.561. The zero-order valence-corrected chi connectivity index (χ0v) is 8.56. The van der Waals surface area contributed by atoms with Gasteiger partial charge in [-0.1, -0.05) is 5.16 Å². The van der Waals surface area contributed by atoms with Crippen LogP contribution in [0.4, 0.5) is 0 Å². The molecule has 1 aliphatic rings. The number of benzene rings is 1. The van der Waals surface area contributed by atoms with Crippen molar-refractivity contribution >= 4 is 5.71 Å². The standard InChI is InChI=1S/C11H13NO3/c1-8(12-13)9-3-4-10-11(7-9)15-6-2-5-14-10/h3-4,7,13H,2,5-6H2,1H3/b12-8+. The Morgan fingerprint density at radius 2 is 2.00 bits per heavy atom. The van der Waals surface area contributed by atoms with E-state index in [2.05, 4.69) is 5.16 Å². The van der Waals surface area contributed by atoms with Crippen LogP contribution in [0.15, 0.2) is 23.4 Å². The van der Waals surface area contributed by atoms with E-state index < -0.39 is 0 Å². The number of rotatable bonds is 1. The van der Waals surface area contributed by atoms with Gasteiger partial charge in [-0.05, 0) is 25.1 Å². The summed E-state index contributed by atoms with van der Waals surface area (Å²) in [5.74, 6) is 1.47. The summed E-state index contributed by atoms with van der Waals surface area (Å²) in [5, 5.41) is 11.8. The van der Waals surface area contributed by atoms with Crippen LogP contribution in [0.2, 0.25) is 0 Å². The molecule has 2 rings (SSSR count). The first-order chi connectivity index (χ1) is 7.31. The van der Waals surface area contributed by atoms with Crippen molar-refractivity contribution in [3.05, 3.63) is 23.8 Å². The van der Waals surface area contributed by atoms with Crippen molar-refractivity contribution in [1.82, 2.24) is 0 Å². The van der Waals surface area contributed by atoms with Gasteiger partial charge in [0.05, 0.1) is 18.9 Å². The maximum absolute atomic E-state index is 8.66. The second kappa shape index (κ2) is 4.21. The second-order valence-corrected chi connectivity index (χ2v) is 3.40. The number of oxime groups is 1. The van der Waals surface area contributed by atoms with Gasteiger partial charge >= 0.3 is 0 Å². The molecule has 1 heterocycles. The third kappa shape index (κ3) is 2.03. The molecule has 1 aromatic rings. The number of fused-ring (bicyclic) bond motifs is 1. The molecule has 0 aliphatic carbocycles. The molecule has 4 nitrogen and oxygen atoms in total. The normalized spacial score (nSPS) is 15.9. The van der Waals surface area contributed by atoms with Gasteiger partial charge in [0, 0.05) is 12.0 Å². The Balaban J connectivity index is 2.36. The van der Waals surface area contributed by atoms with Gasteiger partial charge in [-0.25, -0.2) is 0 Å². The monoisotopic (exact) mass is 207 g/mol. The van der Waals surface area contributed by atoms with Gasteiger partial charge < -0.3 is 14.7 Å². The van der Waals surface area contributed by atoms with Crippen LogP contribution < -0.4 is 9.47 Å². The van der Waals surface area contributed by atoms with E-state index >= 15 is 0 Å². The molecule has 0 aromatic heterocycles. The highest BCUT2D eigenvalue weighted by Gasteiger charge is 2.11. The van der Waals surface area contributed by atoms with Gasteiger partial charge in [-0.2, -0.15) is 0 Å². The summed E-state index contributed by atoms with van der Waals surface area (Å²) in [6.07, 6.45) is 0.886. The summed E-state index contributed by atoms with van der Waals surface area (Å²) < 4.78 is 11.0. The lowest BCUT2D eigenvalue weighted by molar-refractivity contribution is 0.297. The van der Waals surface area contributed by atoms with Gasteiger partial charge in [-0.15, -0.1) is 0 Å². The van der Waals surface area contributed by atoms with Crippen molar-refractivity contribution in [3.63, 3.8) is 0 Å². The Morgan fingerprint density at radius 3 is 2.73 bits per heavy atom. The van der Waals surface area contributed by atoms with Crippen LogP contribution in [0, 0.1) is 0 Å². The average Bonchev–Trinajstić information content (AvgIpc) is 2.51. The number of hydrogen-bond donors (Lipinski definition) is 1. The van der Waals surface area contributed by atoms with E-state index in [1.54, 1.807) is 6.92 Å².